The Morgan fingerprint density at radius 3 is 2.60 bits per heavy atom. The number of carbonyl (C=O) groups is 2. The minimum absolute atomic E-state index is 0.209. The summed E-state index contributed by atoms with van der Waals surface area (Å²) in [5.41, 5.74) is 2.37. The molecule has 1 fully saturated rings. The number of nitrogens with zero attached hydrogens (tertiary/aromatic N) is 1. The molecular weight excluding hydrogens is 336 g/mol. The molecule has 132 valence electrons. The van der Waals surface area contributed by atoms with Crippen molar-refractivity contribution in [3.8, 4) is 10.6 Å². The second-order valence-electron chi connectivity index (χ2n) is 6.44. The molecule has 2 aromatic rings. The second kappa shape index (κ2) is 7.78. The number of benzene rings is 1. The summed E-state index contributed by atoms with van der Waals surface area (Å²) in [4.78, 5) is 28.7. The molecule has 0 radical (unpaired) electrons. The minimum Gasteiger partial charge on any atom is -0.448 e. The van der Waals surface area contributed by atoms with E-state index in [1.807, 2.05) is 31.2 Å². The molecular formula is C19H22N2O3S. The van der Waals surface area contributed by atoms with Crippen molar-refractivity contribution in [3.63, 3.8) is 0 Å². The van der Waals surface area contributed by atoms with Crippen LogP contribution in [0.3, 0.4) is 0 Å². The van der Waals surface area contributed by atoms with Crippen molar-refractivity contribution < 1.29 is 14.3 Å². The summed E-state index contributed by atoms with van der Waals surface area (Å²) in [5.74, 6) is -0.807. The van der Waals surface area contributed by atoms with E-state index in [1.165, 1.54) is 16.9 Å². The largest absolute Gasteiger partial charge is 0.448 e. The van der Waals surface area contributed by atoms with Crippen molar-refractivity contribution in [2.24, 2.45) is 0 Å². The molecule has 1 amide bonds. The fourth-order valence-corrected chi connectivity index (χ4v) is 3.65. The number of aryl methyl sites for hydroxylation is 1. The van der Waals surface area contributed by atoms with Gasteiger partial charge in [-0.1, -0.05) is 42.7 Å². The number of ether oxygens (including phenoxy) is 1. The molecule has 1 aromatic heterocycles. The lowest BCUT2D eigenvalue weighted by Gasteiger charge is -2.16. The van der Waals surface area contributed by atoms with Crippen LogP contribution in [0, 0.1) is 6.92 Å². The van der Waals surface area contributed by atoms with E-state index in [1.54, 1.807) is 12.3 Å². The van der Waals surface area contributed by atoms with Crippen LogP contribution in [-0.2, 0) is 9.53 Å². The highest BCUT2D eigenvalue weighted by Crippen LogP contribution is 2.24. The first-order valence-electron chi connectivity index (χ1n) is 8.57. The van der Waals surface area contributed by atoms with Gasteiger partial charge >= 0.3 is 5.97 Å². The van der Waals surface area contributed by atoms with Crippen LogP contribution in [-0.4, -0.2) is 29.0 Å². The summed E-state index contributed by atoms with van der Waals surface area (Å²) in [6.45, 7) is 3.61. The van der Waals surface area contributed by atoms with Gasteiger partial charge in [0.25, 0.3) is 5.91 Å². The highest BCUT2D eigenvalue weighted by Gasteiger charge is 2.24. The second-order valence-corrected chi connectivity index (χ2v) is 7.30. The number of amides is 1. The lowest BCUT2D eigenvalue weighted by molar-refractivity contribution is -0.129. The van der Waals surface area contributed by atoms with Gasteiger partial charge in [0.1, 0.15) is 5.01 Å². The van der Waals surface area contributed by atoms with Crippen molar-refractivity contribution in [1.82, 2.24) is 10.3 Å². The molecule has 1 heterocycles. The molecule has 25 heavy (non-hydrogen) atoms. The van der Waals surface area contributed by atoms with Crippen LogP contribution < -0.4 is 5.32 Å². The Bertz CT molecular complexity index is 748. The molecule has 1 N–H and O–H groups in total. The Hall–Kier alpha value is -2.21. The lowest BCUT2D eigenvalue weighted by Crippen LogP contribution is -2.40. The third-order valence-corrected chi connectivity index (χ3v) is 5.26. The fraction of sp³-hybridized carbons (Fsp3) is 0.421. The van der Waals surface area contributed by atoms with E-state index in [9.17, 15) is 9.59 Å². The molecule has 0 unspecified atom stereocenters. The first-order chi connectivity index (χ1) is 12.0. The summed E-state index contributed by atoms with van der Waals surface area (Å²) < 4.78 is 5.27. The molecule has 5 nitrogen and oxygen atoms in total. The van der Waals surface area contributed by atoms with E-state index in [2.05, 4.69) is 10.3 Å². The van der Waals surface area contributed by atoms with E-state index in [0.717, 1.165) is 36.3 Å². The number of thiazole rings is 1. The maximum Gasteiger partial charge on any atom is 0.358 e. The number of aromatic nitrogens is 1. The number of rotatable bonds is 5. The third-order valence-electron chi connectivity index (χ3n) is 4.37. The number of esters is 1. The fourth-order valence-electron chi connectivity index (χ4n) is 2.86. The maximum atomic E-state index is 12.2. The van der Waals surface area contributed by atoms with Crippen LogP contribution in [0.4, 0.5) is 0 Å². The topological polar surface area (TPSA) is 68.3 Å². The van der Waals surface area contributed by atoms with Gasteiger partial charge in [-0.3, -0.25) is 4.79 Å². The molecule has 0 aliphatic heterocycles. The summed E-state index contributed by atoms with van der Waals surface area (Å²) in [6, 6.07) is 8.16. The molecule has 1 saturated carbocycles. The minimum atomic E-state index is -0.822. The molecule has 1 aliphatic carbocycles. The molecule has 0 saturated heterocycles. The van der Waals surface area contributed by atoms with Crippen molar-refractivity contribution >= 4 is 23.2 Å². The van der Waals surface area contributed by atoms with E-state index in [-0.39, 0.29) is 17.6 Å². The van der Waals surface area contributed by atoms with Crippen molar-refractivity contribution in [3.05, 3.63) is 40.9 Å². The summed E-state index contributed by atoms with van der Waals surface area (Å²) in [7, 11) is 0. The first kappa shape index (κ1) is 17.6. The van der Waals surface area contributed by atoms with E-state index in [0.29, 0.717) is 0 Å². The lowest BCUT2D eigenvalue weighted by atomic mass is 10.2. The predicted octanol–water partition coefficient (Wildman–Crippen LogP) is 3.72. The molecule has 1 aliphatic rings. The van der Waals surface area contributed by atoms with Crippen LogP contribution in [0.15, 0.2) is 29.6 Å². The van der Waals surface area contributed by atoms with Gasteiger partial charge in [0.2, 0.25) is 0 Å². The normalized spacial score (nSPS) is 15.8. The summed E-state index contributed by atoms with van der Waals surface area (Å²) >= 11 is 1.39. The zero-order chi connectivity index (χ0) is 17.8. The van der Waals surface area contributed by atoms with Crippen LogP contribution in [0.2, 0.25) is 0 Å². The standard InChI is InChI=1S/C19H22N2O3S/c1-12-7-9-14(10-8-12)18-21-16(11-25-18)19(23)24-13(2)17(22)20-15-5-3-4-6-15/h7-11,13,15H,3-6H2,1-2H3,(H,20,22)/t13-/m0/s1. The van der Waals surface area contributed by atoms with Gasteiger partial charge in [-0.2, -0.15) is 0 Å². The number of hydrogen-bond donors (Lipinski definition) is 1. The Morgan fingerprint density at radius 2 is 1.92 bits per heavy atom. The van der Waals surface area contributed by atoms with Gasteiger partial charge in [0, 0.05) is 17.0 Å². The number of carbonyl (C=O) groups excluding carboxylic acids is 2. The quantitative estimate of drug-likeness (QED) is 0.827. The van der Waals surface area contributed by atoms with Crippen molar-refractivity contribution in [1.29, 1.82) is 0 Å². The van der Waals surface area contributed by atoms with E-state index >= 15 is 0 Å². The smallest absolute Gasteiger partial charge is 0.358 e. The van der Waals surface area contributed by atoms with Gasteiger partial charge in [-0.05, 0) is 26.7 Å². The number of nitrogens with one attached hydrogen (secondary N) is 1. The van der Waals surface area contributed by atoms with Crippen LogP contribution >= 0.6 is 11.3 Å². The average molecular weight is 358 g/mol. The zero-order valence-corrected chi connectivity index (χ0v) is 15.3. The molecule has 0 spiro atoms. The monoisotopic (exact) mass is 358 g/mol. The number of hydrogen-bond acceptors (Lipinski definition) is 5. The van der Waals surface area contributed by atoms with Crippen LogP contribution in [0.25, 0.3) is 10.6 Å². The maximum absolute atomic E-state index is 12.2. The Balaban J connectivity index is 1.59. The van der Waals surface area contributed by atoms with Crippen LogP contribution in [0.5, 0.6) is 0 Å². The van der Waals surface area contributed by atoms with Crippen LogP contribution in [0.1, 0.15) is 48.7 Å². The summed E-state index contributed by atoms with van der Waals surface area (Å²) in [6.07, 6.45) is 3.45. The average Bonchev–Trinajstić information content (AvgIpc) is 3.27. The molecule has 1 atom stereocenters. The van der Waals surface area contributed by atoms with Gasteiger partial charge in [-0.15, -0.1) is 11.3 Å². The van der Waals surface area contributed by atoms with E-state index in [4.69, 9.17) is 4.74 Å². The molecule has 3 rings (SSSR count). The van der Waals surface area contributed by atoms with E-state index < -0.39 is 12.1 Å². The predicted molar refractivity (Wildman–Crippen MR) is 97.6 cm³/mol. The first-order valence-corrected chi connectivity index (χ1v) is 9.45. The Kier molecular flexibility index (Phi) is 5.48. The van der Waals surface area contributed by atoms with Gasteiger partial charge in [0.05, 0.1) is 0 Å². The van der Waals surface area contributed by atoms with Crippen molar-refractivity contribution in [2.45, 2.75) is 51.7 Å². The zero-order valence-electron chi connectivity index (χ0n) is 14.5. The molecule has 0 bridgehead atoms. The Labute approximate surface area is 151 Å². The van der Waals surface area contributed by atoms with Gasteiger partial charge < -0.3 is 10.1 Å². The Morgan fingerprint density at radius 1 is 1.24 bits per heavy atom. The third kappa shape index (κ3) is 4.45. The molecule has 6 heteroatoms. The van der Waals surface area contributed by atoms with Gasteiger partial charge in [0.15, 0.2) is 11.8 Å². The summed E-state index contributed by atoms with van der Waals surface area (Å²) in [5, 5.41) is 5.36. The van der Waals surface area contributed by atoms with Gasteiger partial charge in [-0.25, -0.2) is 9.78 Å². The molecule has 1 aromatic carbocycles. The van der Waals surface area contributed by atoms with Crippen molar-refractivity contribution in [2.75, 3.05) is 0 Å². The highest BCUT2D eigenvalue weighted by molar-refractivity contribution is 7.13. The SMILES string of the molecule is Cc1ccc(-c2nc(C(=O)O[C@@H](C)C(=O)NC3CCCC3)cs2)cc1. The highest BCUT2D eigenvalue weighted by atomic mass is 32.1.